The summed E-state index contributed by atoms with van der Waals surface area (Å²) in [5, 5.41) is 10.3. The number of ether oxygens (including phenoxy) is 2. The standard InChI is InChI=1S/C14H20O3/c1-4-14(2,3)17-12-9-16-11-8-6-5-7-10(11)13(12)15/h5-8,12-13,15H,4,9H2,1-3H3. The Morgan fingerprint density at radius 1 is 1.41 bits per heavy atom. The Balaban J connectivity index is 2.15. The molecule has 1 N–H and O–H groups in total. The van der Waals surface area contributed by atoms with Gasteiger partial charge in [0.25, 0.3) is 0 Å². The monoisotopic (exact) mass is 236 g/mol. The van der Waals surface area contributed by atoms with Crippen LogP contribution in [0.4, 0.5) is 0 Å². The predicted molar refractivity (Wildman–Crippen MR) is 66.1 cm³/mol. The molecule has 1 aromatic rings. The van der Waals surface area contributed by atoms with E-state index in [-0.39, 0.29) is 11.7 Å². The smallest absolute Gasteiger partial charge is 0.125 e. The Morgan fingerprint density at radius 2 is 2.12 bits per heavy atom. The van der Waals surface area contributed by atoms with Crippen LogP contribution in [0, 0.1) is 0 Å². The highest BCUT2D eigenvalue weighted by Crippen LogP contribution is 2.35. The van der Waals surface area contributed by atoms with Gasteiger partial charge in [0.15, 0.2) is 0 Å². The third kappa shape index (κ3) is 2.61. The second-order valence-electron chi connectivity index (χ2n) is 5.06. The molecule has 1 aromatic carbocycles. The lowest BCUT2D eigenvalue weighted by molar-refractivity contribution is -0.142. The lowest BCUT2D eigenvalue weighted by Gasteiger charge is -2.36. The van der Waals surface area contributed by atoms with Gasteiger partial charge in [-0.2, -0.15) is 0 Å². The van der Waals surface area contributed by atoms with E-state index in [0.29, 0.717) is 6.61 Å². The number of rotatable bonds is 3. The Kier molecular flexibility index (Phi) is 3.40. The first-order valence-electron chi connectivity index (χ1n) is 6.11. The lowest BCUT2D eigenvalue weighted by atomic mass is 9.99. The van der Waals surface area contributed by atoms with Crippen molar-refractivity contribution in [1.82, 2.24) is 0 Å². The molecule has 0 aliphatic carbocycles. The first kappa shape index (κ1) is 12.4. The highest BCUT2D eigenvalue weighted by Gasteiger charge is 2.33. The van der Waals surface area contributed by atoms with Gasteiger partial charge in [-0.1, -0.05) is 25.1 Å². The summed E-state index contributed by atoms with van der Waals surface area (Å²) in [4.78, 5) is 0. The largest absolute Gasteiger partial charge is 0.490 e. The molecular weight excluding hydrogens is 216 g/mol. The van der Waals surface area contributed by atoms with Crippen molar-refractivity contribution >= 4 is 0 Å². The van der Waals surface area contributed by atoms with Gasteiger partial charge in [-0.3, -0.25) is 0 Å². The van der Waals surface area contributed by atoms with Crippen LogP contribution in [-0.4, -0.2) is 23.4 Å². The number of hydrogen-bond donors (Lipinski definition) is 1. The molecular formula is C14H20O3. The van der Waals surface area contributed by atoms with Gasteiger partial charge in [0.05, 0.1) is 5.60 Å². The van der Waals surface area contributed by atoms with E-state index in [2.05, 4.69) is 6.92 Å². The molecule has 17 heavy (non-hydrogen) atoms. The van der Waals surface area contributed by atoms with Gasteiger partial charge in [-0.25, -0.2) is 0 Å². The fourth-order valence-electron chi connectivity index (χ4n) is 1.91. The van der Waals surface area contributed by atoms with Crippen LogP contribution in [0.2, 0.25) is 0 Å². The molecule has 0 saturated heterocycles. The van der Waals surface area contributed by atoms with Crippen molar-refractivity contribution in [3.63, 3.8) is 0 Å². The second-order valence-corrected chi connectivity index (χ2v) is 5.06. The van der Waals surface area contributed by atoms with E-state index in [0.717, 1.165) is 17.7 Å². The zero-order chi connectivity index (χ0) is 12.5. The summed E-state index contributed by atoms with van der Waals surface area (Å²) in [6.45, 7) is 6.53. The van der Waals surface area contributed by atoms with E-state index < -0.39 is 6.10 Å². The van der Waals surface area contributed by atoms with Crippen molar-refractivity contribution in [3.05, 3.63) is 29.8 Å². The summed E-state index contributed by atoms with van der Waals surface area (Å²) in [5.41, 5.74) is 0.581. The summed E-state index contributed by atoms with van der Waals surface area (Å²) in [5.74, 6) is 0.758. The fraction of sp³-hybridized carbons (Fsp3) is 0.571. The highest BCUT2D eigenvalue weighted by atomic mass is 16.6. The number of aliphatic hydroxyl groups excluding tert-OH is 1. The third-order valence-corrected chi connectivity index (χ3v) is 3.31. The molecule has 2 rings (SSSR count). The Labute approximate surface area is 102 Å². The maximum Gasteiger partial charge on any atom is 0.125 e. The molecule has 94 valence electrons. The van der Waals surface area contributed by atoms with E-state index in [1.54, 1.807) is 0 Å². The van der Waals surface area contributed by atoms with Gasteiger partial charge in [0, 0.05) is 5.56 Å². The molecule has 0 fully saturated rings. The number of benzene rings is 1. The molecule has 3 heteroatoms. The van der Waals surface area contributed by atoms with E-state index in [1.807, 2.05) is 38.1 Å². The number of aliphatic hydroxyl groups is 1. The minimum atomic E-state index is -0.606. The zero-order valence-electron chi connectivity index (χ0n) is 10.6. The van der Waals surface area contributed by atoms with E-state index >= 15 is 0 Å². The van der Waals surface area contributed by atoms with Crippen molar-refractivity contribution in [2.75, 3.05) is 6.61 Å². The molecule has 3 nitrogen and oxygen atoms in total. The maximum absolute atomic E-state index is 10.3. The molecule has 0 bridgehead atoms. The fourth-order valence-corrected chi connectivity index (χ4v) is 1.91. The van der Waals surface area contributed by atoms with Gasteiger partial charge in [0.2, 0.25) is 0 Å². The Morgan fingerprint density at radius 3 is 2.82 bits per heavy atom. The predicted octanol–water partition coefficient (Wildman–Crippen LogP) is 2.69. The molecule has 1 heterocycles. The highest BCUT2D eigenvalue weighted by molar-refractivity contribution is 5.37. The normalized spacial score (nSPS) is 24.0. The molecule has 0 spiro atoms. The van der Waals surface area contributed by atoms with Crippen LogP contribution < -0.4 is 4.74 Å². The van der Waals surface area contributed by atoms with Gasteiger partial charge in [0.1, 0.15) is 24.6 Å². The van der Waals surface area contributed by atoms with Crippen LogP contribution in [0.25, 0.3) is 0 Å². The molecule has 2 unspecified atom stereocenters. The zero-order valence-corrected chi connectivity index (χ0v) is 10.6. The van der Waals surface area contributed by atoms with Crippen molar-refractivity contribution in [3.8, 4) is 5.75 Å². The lowest BCUT2D eigenvalue weighted by Crippen LogP contribution is -2.39. The molecule has 1 aliphatic rings. The van der Waals surface area contributed by atoms with Crippen LogP contribution in [0.1, 0.15) is 38.9 Å². The number of fused-ring (bicyclic) bond motifs is 1. The SMILES string of the molecule is CCC(C)(C)OC1COc2ccccc2C1O. The first-order chi connectivity index (χ1) is 8.03. The summed E-state index contributed by atoms with van der Waals surface area (Å²) in [7, 11) is 0. The van der Waals surface area contributed by atoms with Crippen molar-refractivity contribution < 1.29 is 14.6 Å². The van der Waals surface area contributed by atoms with Crippen molar-refractivity contribution in [1.29, 1.82) is 0 Å². The molecule has 2 atom stereocenters. The van der Waals surface area contributed by atoms with Gasteiger partial charge in [-0.15, -0.1) is 0 Å². The van der Waals surface area contributed by atoms with Gasteiger partial charge in [-0.05, 0) is 26.3 Å². The summed E-state index contributed by atoms with van der Waals surface area (Å²) in [6.07, 6.45) is 0.00309. The van der Waals surface area contributed by atoms with Crippen LogP contribution in [0.3, 0.4) is 0 Å². The molecule has 1 aliphatic heterocycles. The van der Waals surface area contributed by atoms with Crippen molar-refractivity contribution in [2.45, 2.75) is 45.0 Å². The third-order valence-electron chi connectivity index (χ3n) is 3.31. The van der Waals surface area contributed by atoms with Crippen LogP contribution in [-0.2, 0) is 4.74 Å². The summed E-state index contributed by atoms with van der Waals surface area (Å²) in [6, 6.07) is 7.57. The average molecular weight is 236 g/mol. The Hall–Kier alpha value is -1.06. The minimum absolute atomic E-state index is 0.235. The minimum Gasteiger partial charge on any atom is -0.490 e. The van der Waals surface area contributed by atoms with Gasteiger partial charge >= 0.3 is 0 Å². The topological polar surface area (TPSA) is 38.7 Å². The van der Waals surface area contributed by atoms with Crippen LogP contribution in [0.15, 0.2) is 24.3 Å². The number of hydrogen-bond acceptors (Lipinski definition) is 3. The summed E-state index contributed by atoms with van der Waals surface area (Å²) < 4.78 is 11.5. The molecule has 0 aromatic heterocycles. The summed E-state index contributed by atoms with van der Waals surface area (Å²) >= 11 is 0. The van der Waals surface area contributed by atoms with Crippen LogP contribution >= 0.6 is 0 Å². The molecule has 0 amide bonds. The van der Waals surface area contributed by atoms with Gasteiger partial charge < -0.3 is 14.6 Å². The van der Waals surface area contributed by atoms with E-state index in [4.69, 9.17) is 9.47 Å². The quantitative estimate of drug-likeness (QED) is 0.877. The number of para-hydroxylation sites is 1. The molecule has 0 radical (unpaired) electrons. The molecule has 0 saturated carbocycles. The first-order valence-corrected chi connectivity index (χ1v) is 6.11. The van der Waals surface area contributed by atoms with E-state index in [9.17, 15) is 5.11 Å². The Bertz CT molecular complexity index is 387. The van der Waals surface area contributed by atoms with Crippen LogP contribution in [0.5, 0.6) is 5.75 Å². The second kappa shape index (κ2) is 4.67. The van der Waals surface area contributed by atoms with Crippen molar-refractivity contribution in [2.24, 2.45) is 0 Å². The van der Waals surface area contributed by atoms with E-state index in [1.165, 1.54) is 0 Å². The maximum atomic E-state index is 10.3. The average Bonchev–Trinajstić information content (AvgIpc) is 2.33.